The number of likely N-dealkylation sites (N-methyl/N-ethyl adjacent to an activating group) is 1. The third-order valence-corrected chi connectivity index (χ3v) is 3.61. The number of ether oxygens (including phenoxy) is 1. The van der Waals surface area contributed by atoms with E-state index in [-0.39, 0.29) is 0 Å². The molecule has 3 nitrogen and oxygen atoms in total. The Hall–Kier alpha value is -0.120. The molecule has 1 aliphatic carbocycles. The van der Waals surface area contributed by atoms with E-state index in [1.165, 1.54) is 25.8 Å². The average Bonchev–Trinajstić information content (AvgIpc) is 2.96. The molecule has 0 heterocycles. The average molecular weight is 214 g/mol. The molecule has 0 bridgehead atoms. The van der Waals surface area contributed by atoms with Crippen LogP contribution in [-0.2, 0) is 4.74 Å². The molecule has 2 N–H and O–H groups in total. The van der Waals surface area contributed by atoms with E-state index in [0.29, 0.717) is 11.5 Å². The molecule has 0 aromatic rings. The van der Waals surface area contributed by atoms with E-state index in [2.05, 4.69) is 18.7 Å². The minimum absolute atomic E-state index is 0.523. The van der Waals surface area contributed by atoms with Crippen molar-refractivity contribution in [1.82, 2.24) is 4.90 Å². The number of nitrogens with two attached hydrogens (primary N) is 1. The van der Waals surface area contributed by atoms with Gasteiger partial charge in [-0.25, -0.2) is 0 Å². The molecule has 1 aliphatic rings. The van der Waals surface area contributed by atoms with Gasteiger partial charge in [-0.15, -0.1) is 0 Å². The van der Waals surface area contributed by atoms with E-state index >= 15 is 0 Å². The number of hydrogen-bond donors (Lipinski definition) is 1. The minimum atomic E-state index is 0.523. The van der Waals surface area contributed by atoms with E-state index < -0.39 is 0 Å². The first-order chi connectivity index (χ1) is 7.17. The number of nitrogens with zero attached hydrogens (tertiary/aromatic N) is 1. The number of methoxy groups -OCH3 is 1. The quantitative estimate of drug-likeness (QED) is 0.665. The number of hydrogen-bond acceptors (Lipinski definition) is 3. The summed E-state index contributed by atoms with van der Waals surface area (Å²) in [5.74, 6) is 0. The van der Waals surface area contributed by atoms with Crippen LogP contribution in [0.1, 0.15) is 33.1 Å². The molecule has 1 rings (SSSR count). The lowest BCUT2D eigenvalue weighted by Crippen LogP contribution is -2.40. The molecular weight excluding hydrogens is 188 g/mol. The summed E-state index contributed by atoms with van der Waals surface area (Å²) in [5, 5.41) is 0. The molecule has 0 radical (unpaired) electrons. The molecule has 90 valence electrons. The standard InChI is InChI=1S/C12H26N2O/c1-4-14(11(2)9-15-3)10-12(5-6-12)7-8-13/h11H,4-10,13H2,1-3H3. The van der Waals surface area contributed by atoms with Gasteiger partial charge in [-0.1, -0.05) is 6.92 Å². The van der Waals surface area contributed by atoms with Crippen molar-refractivity contribution in [3.05, 3.63) is 0 Å². The van der Waals surface area contributed by atoms with Gasteiger partial charge >= 0.3 is 0 Å². The lowest BCUT2D eigenvalue weighted by molar-refractivity contribution is 0.0870. The summed E-state index contributed by atoms with van der Waals surface area (Å²) in [7, 11) is 1.77. The molecule has 0 aromatic heterocycles. The van der Waals surface area contributed by atoms with Crippen molar-refractivity contribution in [2.75, 3.05) is 33.4 Å². The Morgan fingerprint density at radius 1 is 1.47 bits per heavy atom. The van der Waals surface area contributed by atoms with Crippen molar-refractivity contribution < 1.29 is 4.74 Å². The van der Waals surface area contributed by atoms with Crippen molar-refractivity contribution in [2.45, 2.75) is 39.2 Å². The van der Waals surface area contributed by atoms with Gasteiger partial charge in [0.2, 0.25) is 0 Å². The van der Waals surface area contributed by atoms with Gasteiger partial charge in [0.25, 0.3) is 0 Å². The fourth-order valence-electron chi connectivity index (χ4n) is 2.33. The SMILES string of the molecule is CCN(CC1(CCN)CC1)C(C)COC. The Kier molecular flexibility index (Phi) is 5.03. The molecule has 1 fully saturated rings. The minimum Gasteiger partial charge on any atom is -0.383 e. The zero-order valence-electron chi connectivity index (χ0n) is 10.5. The van der Waals surface area contributed by atoms with Gasteiger partial charge in [0, 0.05) is 19.7 Å². The molecule has 0 aromatic carbocycles. The topological polar surface area (TPSA) is 38.5 Å². The fraction of sp³-hybridized carbons (Fsp3) is 1.00. The maximum absolute atomic E-state index is 5.66. The van der Waals surface area contributed by atoms with Crippen molar-refractivity contribution in [1.29, 1.82) is 0 Å². The van der Waals surface area contributed by atoms with Crippen LogP contribution in [0.25, 0.3) is 0 Å². The largest absolute Gasteiger partial charge is 0.383 e. The third-order valence-electron chi connectivity index (χ3n) is 3.61. The molecule has 0 saturated heterocycles. The molecule has 3 heteroatoms. The molecule has 15 heavy (non-hydrogen) atoms. The van der Waals surface area contributed by atoms with Gasteiger partial charge in [0.15, 0.2) is 0 Å². The van der Waals surface area contributed by atoms with Gasteiger partial charge in [-0.05, 0) is 44.7 Å². The van der Waals surface area contributed by atoms with Crippen LogP contribution in [0.4, 0.5) is 0 Å². The summed E-state index contributed by atoms with van der Waals surface area (Å²) >= 11 is 0. The van der Waals surface area contributed by atoms with E-state index in [0.717, 1.165) is 19.7 Å². The smallest absolute Gasteiger partial charge is 0.0615 e. The summed E-state index contributed by atoms with van der Waals surface area (Å²) in [6.45, 7) is 8.43. The van der Waals surface area contributed by atoms with Gasteiger partial charge < -0.3 is 10.5 Å². The Balaban J connectivity index is 2.39. The highest BCUT2D eigenvalue weighted by molar-refractivity contribution is 4.96. The van der Waals surface area contributed by atoms with Crippen LogP contribution in [0.2, 0.25) is 0 Å². The van der Waals surface area contributed by atoms with Crippen molar-refractivity contribution in [3.8, 4) is 0 Å². The van der Waals surface area contributed by atoms with Gasteiger partial charge in [0.05, 0.1) is 6.61 Å². The normalized spacial score (nSPS) is 20.6. The van der Waals surface area contributed by atoms with E-state index in [1.54, 1.807) is 7.11 Å². The lowest BCUT2D eigenvalue weighted by Gasteiger charge is -2.31. The Morgan fingerprint density at radius 2 is 2.13 bits per heavy atom. The molecular formula is C12H26N2O. The van der Waals surface area contributed by atoms with Crippen LogP contribution in [-0.4, -0.2) is 44.3 Å². The fourth-order valence-corrected chi connectivity index (χ4v) is 2.33. The highest BCUT2D eigenvalue weighted by atomic mass is 16.5. The van der Waals surface area contributed by atoms with Crippen molar-refractivity contribution in [2.24, 2.45) is 11.1 Å². The highest BCUT2D eigenvalue weighted by Crippen LogP contribution is 2.49. The van der Waals surface area contributed by atoms with Crippen molar-refractivity contribution in [3.63, 3.8) is 0 Å². The maximum Gasteiger partial charge on any atom is 0.0615 e. The van der Waals surface area contributed by atoms with Crippen LogP contribution in [0, 0.1) is 5.41 Å². The Morgan fingerprint density at radius 3 is 2.53 bits per heavy atom. The number of rotatable bonds is 8. The highest BCUT2D eigenvalue weighted by Gasteiger charge is 2.43. The predicted molar refractivity (Wildman–Crippen MR) is 63.9 cm³/mol. The maximum atomic E-state index is 5.66. The van der Waals surface area contributed by atoms with Crippen LogP contribution in [0.5, 0.6) is 0 Å². The second-order valence-corrected chi connectivity index (χ2v) is 4.91. The first-order valence-corrected chi connectivity index (χ1v) is 6.10. The molecule has 1 saturated carbocycles. The van der Waals surface area contributed by atoms with E-state index in [9.17, 15) is 0 Å². The van der Waals surface area contributed by atoms with Crippen LogP contribution >= 0.6 is 0 Å². The zero-order valence-corrected chi connectivity index (χ0v) is 10.5. The zero-order chi connectivity index (χ0) is 11.3. The first-order valence-electron chi connectivity index (χ1n) is 6.10. The van der Waals surface area contributed by atoms with Crippen LogP contribution in [0.3, 0.4) is 0 Å². The Bertz CT molecular complexity index is 180. The molecule has 0 aliphatic heterocycles. The van der Waals surface area contributed by atoms with Gasteiger partial charge in [0.1, 0.15) is 0 Å². The first kappa shape index (κ1) is 12.9. The van der Waals surface area contributed by atoms with E-state index in [4.69, 9.17) is 10.5 Å². The summed E-state index contributed by atoms with van der Waals surface area (Å²) < 4.78 is 5.21. The molecule has 1 atom stereocenters. The third kappa shape index (κ3) is 3.74. The molecule has 0 amide bonds. The monoisotopic (exact) mass is 214 g/mol. The van der Waals surface area contributed by atoms with Gasteiger partial charge in [-0.3, -0.25) is 4.90 Å². The molecule has 0 spiro atoms. The second kappa shape index (κ2) is 5.83. The van der Waals surface area contributed by atoms with Crippen LogP contribution in [0.15, 0.2) is 0 Å². The summed E-state index contributed by atoms with van der Waals surface area (Å²) in [6.07, 6.45) is 3.91. The van der Waals surface area contributed by atoms with Gasteiger partial charge in [-0.2, -0.15) is 0 Å². The predicted octanol–water partition coefficient (Wildman–Crippen LogP) is 1.47. The van der Waals surface area contributed by atoms with Crippen molar-refractivity contribution >= 4 is 0 Å². The summed E-state index contributed by atoms with van der Waals surface area (Å²) in [4.78, 5) is 2.52. The second-order valence-electron chi connectivity index (χ2n) is 4.91. The summed E-state index contributed by atoms with van der Waals surface area (Å²) in [5.41, 5.74) is 6.21. The van der Waals surface area contributed by atoms with Crippen LogP contribution < -0.4 is 5.73 Å². The molecule has 1 unspecified atom stereocenters. The Labute approximate surface area is 94.0 Å². The summed E-state index contributed by atoms with van der Waals surface area (Å²) in [6, 6.07) is 0.523. The lowest BCUT2D eigenvalue weighted by atomic mass is 10.0. The van der Waals surface area contributed by atoms with E-state index in [1.807, 2.05) is 0 Å².